The molecule has 2 aromatic heterocycles. The number of carboxylic acid groups (broad SMARTS) is 1. The van der Waals surface area contributed by atoms with E-state index in [-0.39, 0.29) is 29.8 Å². The van der Waals surface area contributed by atoms with E-state index in [4.69, 9.17) is 4.74 Å². The quantitative estimate of drug-likeness (QED) is 0.549. The van der Waals surface area contributed by atoms with Gasteiger partial charge in [0.2, 0.25) is 0 Å². The minimum absolute atomic E-state index is 0.0493. The Kier molecular flexibility index (Phi) is 6.51. The molecule has 158 valence electrons. The highest BCUT2D eigenvalue weighted by atomic mass is 32.1. The van der Waals surface area contributed by atoms with Gasteiger partial charge in [-0.15, -0.1) is 11.3 Å². The first kappa shape index (κ1) is 21.5. The van der Waals surface area contributed by atoms with Gasteiger partial charge in [0.25, 0.3) is 5.56 Å². The number of thiophene rings is 1. The van der Waals surface area contributed by atoms with Crippen LogP contribution in [0, 0.1) is 0 Å². The average Bonchev–Trinajstić information content (AvgIpc) is 3.12. The smallest absolute Gasteiger partial charge is 0.332 e. The number of carbonyl (C=O) groups is 2. The second-order valence-corrected chi connectivity index (χ2v) is 7.89. The summed E-state index contributed by atoms with van der Waals surface area (Å²) in [7, 11) is 0. The van der Waals surface area contributed by atoms with Crippen LogP contribution in [0.4, 0.5) is 0 Å². The number of aromatic nitrogens is 2. The van der Waals surface area contributed by atoms with Crippen molar-refractivity contribution in [1.29, 1.82) is 0 Å². The van der Waals surface area contributed by atoms with Gasteiger partial charge < -0.3 is 9.84 Å². The molecule has 0 radical (unpaired) electrons. The van der Waals surface area contributed by atoms with Gasteiger partial charge in [0.15, 0.2) is 0 Å². The molecule has 0 saturated heterocycles. The molecule has 3 aromatic rings. The van der Waals surface area contributed by atoms with Crippen LogP contribution >= 0.6 is 11.3 Å². The molecule has 0 amide bonds. The fourth-order valence-corrected chi connectivity index (χ4v) is 4.39. The van der Waals surface area contributed by atoms with Crippen molar-refractivity contribution >= 4 is 33.5 Å². The van der Waals surface area contributed by atoms with E-state index in [1.807, 2.05) is 30.3 Å². The summed E-state index contributed by atoms with van der Waals surface area (Å²) in [6.07, 6.45) is 0.398. The Morgan fingerprint density at radius 2 is 1.90 bits per heavy atom. The highest BCUT2D eigenvalue weighted by molar-refractivity contribution is 7.18. The molecule has 0 spiro atoms. The van der Waals surface area contributed by atoms with Gasteiger partial charge in [-0.2, -0.15) is 0 Å². The number of benzene rings is 1. The summed E-state index contributed by atoms with van der Waals surface area (Å²) in [4.78, 5) is 50.4. The van der Waals surface area contributed by atoms with Crippen molar-refractivity contribution in [2.45, 2.75) is 39.3 Å². The molecule has 2 heterocycles. The molecule has 1 N–H and O–H groups in total. The predicted molar refractivity (Wildman–Crippen MR) is 113 cm³/mol. The lowest BCUT2D eigenvalue weighted by atomic mass is 10.1. The van der Waals surface area contributed by atoms with E-state index in [9.17, 15) is 24.3 Å². The van der Waals surface area contributed by atoms with Crippen molar-refractivity contribution in [3.05, 3.63) is 67.7 Å². The Bertz CT molecular complexity index is 1190. The van der Waals surface area contributed by atoms with Gasteiger partial charge in [-0.3, -0.25) is 18.7 Å². The maximum absolute atomic E-state index is 13.1. The molecule has 30 heavy (non-hydrogen) atoms. The zero-order chi connectivity index (χ0) is 21.8. The maximum atomic E-state index is 13.1. The van der Waals surface area contributed by atoms with Crippen molar-refractivity contribution in [3.63, 3.8) is 0 Å². The molecule has 0 aliphatic rings. The van der Waals surface area contributed by atoms with Crippen LogP contribution in [0.25, 0.3) is 10.2 Å². The third-order valence-corrected chi connectivity index (χ3v) is 5.86. The van der Waals surface area contributed by atoms with Gasteiger partial charge in [0.1, 0.15) is 10.9 Å². The van der Waals surface area contributed by atoms with E-state index < -0.39 is 29.2 Å². The Labute approximate surface area is 176 Å². The second-order valence-electron chi connectivity index (χ2n) is 6.77. The third kappa shape index (κ3) is 4.35. The summed E-state index contributed by atoms with van der Waals surface area (Å²) in [5.74, 6) is -1.64. The number of fused-ring (bicyclic) bond motifs is 1. The molecular formula is C21H22N2O6S. The summed E-state index contributed by atoms with van der Waals surface area (Å²) >= 11 is 1.06. The minimum atomic E-state index is -1.19. The van der Waals surface area contributed by atoms with Crippen LogP contribution in [0.5, 0.6) is 0 Å². The van der Waals surface area contributed by atoms with E-state index in [1.54, 1.807) is 13.0 Å². The van der Waals surface area contributed by atoms with Crippen LogP contribution in [0.2, 0.25) is 0 Å². The minimum Gasteiger partial charge on any atom is -0.480 e. The fourth-order valence-electron chi connectivity index (χ4n) is 3.19. The number of hydrogen-bond donors (Lipinski definition) is 1. The van der Waals surface area contributed by atoms with Crippen molar-refractivity contribution in [1.82, 2.24) is 9.13 Å². The van der Waals surface area contributed by atoms with Gasteiger partial charge in [0.05, 0.1) is 18.4 Å². The Hall–Kier alpha value is -3.20. The topological polar surface area (TPSA) is 108 Å². The van der Waals surface area contributed by atoms with Crippen LogP contribution < -0.4 is 11.2 Å². The first-order valence-electron chi connectivity index (χ1n) is 9.53. The van der Waals surface area contributed by atoms with Crippen LogP contribution in [0.3, 0.4) is 0 Å². The largest absolute Gasteiger partial charge is 0.480 e. The SMILES string of the molecule is CCOC(=O)Cc1cc2c(=O)n(CCc3ccccc3)c(=O)n([C@H](C)C(=O)O)c2s1. The Balaban J connectivity index is 2.12. The van der Waals surface area contributed by atoms with E-state index in [0.717, 1.165) is 26.0 Å². The number of aryl methyl sites for hydroxylation is 1. The number of ether oxygens (including phenoxy) is 1. The normalized spacial score (nSPS) is 12.1. The molecule has 3 rings (SSSR count). The fraction of sp³-hybridized carbons (Fsp3) is 0.333. The standard InChI is InChI=1S/C21H22N2O6S/c1-3-29-17(24)12-15-11-16-18(25)22(10-9-14-7-5-4-6-8-14)21(28)23(19(16)30-15)13(2)20(26)27/h4-8,11,13H,3,9-10,12H2,1-2H3,(H,26,27)/t13-/m1/s1. The molecule has 0 saturated carbocycles. The third-order valence-electron chi connectivity index (χ3n) is 4.73. The summed E-state index contributed by atoms with van der Waals surface area (Å²) in [6.45, 7) is 3.43. The zero-order valence-electron chi connectivity index (χ0n) is 16.7. The zero-order valence-corrected chi connectivity index (χ0v) is 17.5. The van der Waals surface area contributed by atoms with Crippen LogP contribution in [-0.2, 0) is 33.7 Å². The van der Waals surface area contributed by atoms with Crippen molar-refractivity contribution in [3.8, 4) is 0 Å². The highest BCUT2D eigenvalue weighted by Gasteiger charge is 2.24. The molecule has 8 nitrogen and oxygen atoms in total. The summed E-state index contributed by atoms with van der Waals surface area (Å²) in [5, 5.41) is 9.72. The lowest BCUT2D eigenvalue weighted by Gasteiger charge is -2.15. The lowest BCUT2D eigenvalue weighted by Crippen LogP contribution is -2.42. The number of hydrogen-bond acceptors (Lipinski definition) is 6. The highest BCUT2D eigenvalue weighted by Crippen LogP contribution is 2.25. The molecule has 0 aliphatic heterocycles. The molecule has 1 aromatic carbocycles. The van der Waals surface area contributed by atoms with E-state index >= 15 is 0 Å². The van der Waals surface area contributed by atoms with Crippen molar-refractivity contribution in [2.24, 2.45) is 0 Å². The van der Waals surface area contributed by atoms with Crippen molar-refractivity contribution in [2.75, 3.05) is 6.61 Å². The van der Waals surface area contributed by atoms with Crippen LogP contribution in [0.1, 0.15) is 30.3 Å². The lowest BCUT2D eigenvalue weighted by molar-refractivity contribution is -0.142. The first-order valence-corrected chi connectivity index (χ1v) is 10.3. The maximum Gasteiger partial charge on any atom is 0.332 e. The summed E-state index contributed by atoms with van der Waals surface area (Å²) in [6, 6.07) is 9.77. The molecule has 1 atom stereocenters. The Morgan fingerprint density at radius 3 is 2.53 bits per heavy atom. The predicted octanol–water partition coefficient (Wildman–Crippen LogP) is 2.22. The first-order chi connectivity index (χ1) is 14.3. The van der Waals surface area contributed by atoms with Gasteiger partial charge >= 0.3 is 17.6 Å². The van der Waals surface area contributed by atoms with Crippen LogP contribution in [0.15, 0.2) is 46.0 Å². The summed E-state index contributed by atoms with van der Waals surface area (Å²) < 4.78 is 7.12. The van der Waals surface area contributed by atoms with E-state index in [0.29, 0.717) is 11.3 Å². The number of rotatable bonds is 8. The van der Waals surface area contributed by atoms with Gasteiger partial charge in [-0.05, 0) is 31.9 Å². The molecule has 0 bridgehead atoms. The Morgan fingerprint density at radius 1 is 1.20 bits per heavy atom. The van der Waals surface area contributed by atoms with Crippen molar-refractivity contribution < 1.29 is 19.4 Å². The van der Waals surface area contributed by atoms with Crippen LogP contribution in [-0.4, -0.2) is 32.8 Å². The average molecular weight is 430 g/mol. The second kappa shape index (κ2) is 9.08. The van der Waals surface area contributed by atoms with E-state index in [1.165, 1.54) is 6.92 Å². The van der Waals surface area contributed by atoms with E-state index in [2.05, 4.69) is 0 Å². The van der Waals surface area contributed by atoms with Gasteiger partial charge in [-0.1, -0.05) is 30.3 Å². The van der Waals surface area contributed by atoms with Gasteiger partial charge in [-0.25, -0.2) is 9.59 Å². The number of carboxylic acids is 1. The number of nitrogens with zero attached hydrogens (tertiary/aromatic N) is 2. The monoisotopic (exact) mass is 430 g/mol. The number of aliphatic carboxylic acids is 1. The molecular weight excluding hydrogens is 408 g/mol. The molecule has 0 unspecified atom stereocenters. The molecule has 0 aliphatic carbocycles. The number of esters is 1. The molecule has 0 fully saturated rings. The number of carbonyl (C=O) groups excluding carboxylic acids is 1. The summed E-state index contributed by atoms with van der Waals surface area (Å²) in [5.41, 5.74) is -0.218. The van der Waals surface area contributed by atoms with Gasteiger partial charge in [0, 0.05) is 11.4 Å². The molecule has 9 heteroatoms.